The third kappa shape index (κ3) is 4.65. The molecule has 0 aromatic heterocycles. The molecule has 1 heterocycles. The van der Waals surface area contributed by atoms with Crippen molar-refractivity contribution < 1.29 is 19.1 Å². The molecule has 1 fully saturated rings. The maximum absolute atomic E-state index is 12.4. The molecular weight excluding hydrogens is 320 g/mol. The molecule has 1 aliphatic heterocycles. The second-order valence-electron chi connectivity index (χ2n) is 6.44. The molecule has 25 heavy (non-hydrogen) atoms. The van der Waals surface area contributed by atoms with Gasteiger partial charge in [0.25, 0.3) is 0 Å². The molecule has 138 valence electrons. The number of likely N-dealkylation sites (tertiary alicyclic amines) is 1. The van der Waals surface area contributed by atoms with Crippen molar-refractivity contribution in [3.05, 3.63) is 23.8 Å². The van der Waals surface area contributed by atoms with Crippen LogP contribution < -0.4 is 9.47 Å². The van der Waals surface area contributed by atoms with Gasteiger partial charge in [-0.3, -0.25) is 9.59 Å². The molecule has 2 amide bonds. The van der Waals surface area contributed by atoms with E-state index in [2.05, 4.69) is 0 Å². The van der Waals surface area contributed by atoms with Crippen molar-refractivity contribution >= 4 is 11.8 Å². The van der Waals surface area contributed by atoms with E-state index in [1.54, 1.807) is 24.0 Å². The first-order chi connectivity index (χ1) is 12.0. The predicted molar refractivity (Wildman–Crippen MR) is 95.9 cm³/mol. The van der Waals surface area contributed by atoms with Crippen molar-refractivity contribution in [2.24, 2.45) is 5.92 Å². The molecule has 0 saturated carbocycles. The first kappa shape index (κ1) is 19.1. The zero-order chi connectivity index (χ0) is 18.4. The molecule has 0 aliphatic carbocycles. The zero-order valence-electron chi connectivity index (χ0n) is 15.6. The highest BCUT2D eigenvalue weighted by molar-refractivity contribution is 5.89. The second kappa shape index (κ2) is 8.74. The van der Waals surface area contributed by atoms with Crippen molar-refractivity contribution in [1.82, 2.24) is 9.80 Å². The number of carbonyl (C=O) groups is 2. The summed E-state index contributed by atoms with van der Waals surface area (Å²) in [5.74, 6) is 1.29. The summed E-state index contributed by atoms with van der Waals surface area (Å²) in [4.78, 5) is 28.1. The van der Waals surface area contributed by atoms with E-state index in [-0.39, 0.29) is 17.7 Å². The smallest absolute Gasteiger partial charge is 0.227 e. The lowest BCUT2D eigenvalue weighted by atomic mass is 10.1. The SMILES string of the molecule is CCCN(C)C(=O)C1CC(=O)N(CCc2ccc(OC)c(OC)c2)C1. The van der Waals surface area contributed by atoms with E-state index in [4.69, 9.17) is 9.47 Å². The molecule has 1 saturated heterocycles. The van der Waals surface area contributed by atoms with E-state index in [0.29, 0.717) is 31.0 Å². The molecule has 6 heteroatoms. The lowest BCUT2D eigenvalue weighted by Crippen LogP contribution is -2.35. The van der Waals surface area contributed by atoms with Crippen LogP contribution in [0.5, 0.6) is 11.5 Å². The van der Waals surface area contributed by atoms with Crippen molar-refractivity contribution in [2.75, 3.05) is 40.9 Å². The Morgan fingerprint density at radius 2 is 2.00 bits per heavy atom. The Kier molecular flexibility index (Phi) is 6.67. The van der Waals surface area contributed by atoms with Gasteiger partial charge >= 0.3 is 0 Å². The van der Waals surface area contributed by atoms with Gasteiger partial charge in [-0.05, 0) is 30.5 Å². The molecule has 0 N–H and O–H groups in total. The minimum absolute atomic E-state index is 0.0590. The quantitative estimate of drug-likeness (QED) is 0.721. The summed E-state index contributed by atoms with van der Waals surface area (Å²) in [6.07, 6.45) is 1.96. The van der Waals surface area contributed by atoms with Gasteiger partial charge in [-0.15, -0.1) is 0 Å². The van der Waals surface area contributed by atoms with E-state index >= 15 is 0 Å². The van der Waals surface area contributed by atoms with Crippen LogP contribution in [0.1, 0.15) is 25.3 Å². The minimum Gasteiger partial charge on any atom is -0.493 e. The first-order valence-corrected chi connectivity index (χ1v) is 8.73. The molecule has 1 aromatic rings. The fourth-order valence-corrected chi connectivity index (χ4v) is 3.21. The summed E-state index contributed by atoms with van der Waals surface area (Å²) in [7, 11) is 5.02. The standard InChI is InChI=1S/C19H28N2O4/c1-5-9-20(2)19(23)15-12-18(22)21(13-15)10-8-14-6-7-16(24-3)17(11-14)25-4/h6-7,11,15H,5,8-10,12-13H2,1-4H3. The van der Waals surface area contributed by atoms with Gasteiger partial charge in [0.2, 0.25) is 11.8 Å². The van der Waals surface area contributed by atoms with Crippen LogP contribution in [0.15, 0.2) is 18.2 Å². The number of carbonyl (C=O) groups excluding carboxylic acids is 2. The van der Waals surface area contributed by atoms with Crippen LogP contribution in [0.2, 0.25) is 0 Å². The normalized spacial score (nSPS) is 16.9. The number of hydrogen-bond acceptors (Lipinski definition) is 4. The Morgan fingerprint density at radius 1 is 1.28 bits per heavy atom. The van der Waals surface area contributed by atoms with Gasteiger partial charge in [-0.25, -0.2) is 0 Å². The maximum Gasteiger partial charge on any atom is 0.227 e. The Morgan fingerprint density at radius 3 is 2.64 bits per heavy atom. The van der Waals surface area contributed by atoms with E-state index in [1.165, 1.54) is 0 Å². The first-order valence-electron chi connectivity index (χ1n) is 8.73. The van der Waals surface area contributed by atoms with Crippen LogP contribution in [-0.4, -0.2) is 62.5 Å². The van der Waals surface area contributed by atoms with Crippen LogP contribution in [-0.2, 0) is 16.0 Å². The number of rotatable bonds is 8. The van der Waals surface area contributed by atoms with Gasteiger partial charge in [0.15, 0.2) is 11.5 Å². The van der Waals surface area contributed by atoms with E-state index in [1.807, 2.05) is 32.2 Å². The number of hydrogen-bond donors (Lipinski definition) is 0. The molecule has 6 nitrogen and oxygen atoms in total. The molecule has 1 aliphatic rings. The minimum atomic E-state index is -0.213. The van der Waals surface area contributed by atoms with E-state index in [9.17, 15) is 9.59 Å². The average Bonchev–Trinajstić information content (AvgIpc) is 2.99. The van der Waals surface area contributed by atoms with E-state index < -0.39 is 0 Å². The van der Waals surface area contributed by atoms with Crippen molar-refractivity contribution in [2.45, 2.75) is 26.2 Å². The fourth-order valence-electron chi connectivity index (χ4n) is 3.21. The van der Waals surface area contributed by atoms with Crippen LogP contribution >= 0.6 is 0 Å². The lowest BCUT2D eigenvalue weighted by molar-refractivity contribution is -0.134. The number of benzene rings is 1. The lowest BCUT2D eigenvalue weighted by Gasteiger charge is -2.21. The van der Waals surface area contributed by atoms with Crippen LogP contribution in [0.3, 0.4) is 0 Å². The Bertz CT molecular complexity index is 617. The molecule has 0 radical (unpaired) electrons. The van der Waals surface area contributed by atoms with Crippen LogP contribution in [0, 0.1) is 5.92 Å². The van der Waals surface area contributed by atoms with Gasteiger partial charge in [0.05, 0.1) is 20.1 Å². The van der Waals surface area contributed by atoms with Gasteiger partial charge in [0, 0.05) is 33.1 Å². The zero-order valence-corrected chi connectivity index (χ0v) is 15.6. The molecule has 2 rings (SSSR count). The third-order valence-electron chi connectivity index (χ3n) is 4.62. The highest BCUT2D eigenvalue weighted by atomic mass is 16.5. The molecule has 0 bridgehead atoms. The third-order valence-corrected chi connectivity index (χ3v) is 4.62. The molecule has 1 atom stereocenters. The highest BCUT2D eigenvalue weighted by Crippen LogP contribution is 2.28. The summed E-state index contributed by atoms with van der Waals surface area (Å²) < 4.78 is 10.5. The molecular formula is C19H28N2O4. The second-order valence-corrected chi connectivity index (χ2v) is 6.44. The van der Waals surface area contributed by atoms with Gasteiger partial charge in [0.1, 0.15) is 0 Å². The Hall–Kier alpha value is -2.24. The monoisotopic (exact) mass is 348 g/mol. The summed E-state index contributed by atoms with van der Waals surface area (Å²) >= 11 is 0. The fraction of sp³-hybridized carbons (Fsp3) is 0.579. The van der Waals surface area contributed by atoms with Gasteiger partial charge in [-0.1, -0.05) is 13.0 Å². The summed E-state index contributed by atoms with van der Waals surface area (Å²) in [5, 5.41) is 0. The summed E-state index contributed by atoms with van der Waals surface area (Å²) in [6, 6.07) is 5.77. The van der Waals surface area contributed by atoms with Crippen LogP contribution in [0.4, 0.5) is 0 Å². The van der Waals surface area contributed by atoms with Crippen LogP contribution in [0.25, 0.3) is 0 Å². The average molecular weight is 348 g/mol. The number of methoxy groups -OCH3 is 2. The highest BCUT2D eigenvalue weighted by Gasteiger charge is 2.35. The number of nitrogens with zero attached hydrogens (tertiary/aromatic N) is 2. The number of amides is 2. The summed E-state index contributed by atoms with van der Waals surface area (Å²) in [5.41, 5.74) is 1.07. The summed E-state index contributed by atoms with van der Waals surface area (Å²) in [6.45, 7) is 3.89. The van der Waals surface area contributed by atoms with Crippen molar-refractivity contribution in [1.29, 1.82) is 0 Å². The Balaban J connectivity index is 1.93. The van der Waals surface area contributed by atoms with Crippen molar-refractivity contribution in [3.63, 3.8) is 0 Å². The molecule has 0 spiro atoms. The van der Waals surface area contributed by atoms with Gasteiger partial charge in [-0.2, -0.15) is 0 Å². The van der Waals surface area contributed by atoms with Gasteiger partial charge < -0.3 is 19.3 Å². The number of ether oxygens (including phenoxy) is 2. The van der Waals surface area contributed by atoms with Crippen molar-refractivity contribution in [3.8, 4) is 11.5 Å². The van der Waals surface area contributed by atoms with E-state index in [0.717, 1.165) is 24.9 Å². The predicted octanol–water partition coefficient (Wildman–Crippen LogP) is 1.96. The maximum atomic E-state index is 12.4. The Labute approximate surface area is 149 Å². The largest absolute Gasteiger partial charge is 0.493 e. The molecule has 1 aromatic carbocycles. The molecule has 1 unspecified atom stereocenters. The topological polar surface area (TPSA) is 59.1 Å².